The molecule has 0 unspecified atom stereocenters. The normalized spacial score (nSPS) is 11.3. The lowest BCUT2D eigenvalue weighted by atomic mass is 9.96. The Hall–Kier alpha value is -7.16. The average Bonchev–Trinajstić information content (AvgIpc) is 3.25. The number of rotatable bonds is 7. The van der Waals surface area contributed by atoms with Gasteiger partial charge in [-0.25, -0.2) is 0 Å². The zero-order chi connectivity index (χ0) is 35.8. The molecule has 0 radical (unpaired) electrons. The van der Waals surface area contributed by atoms with Crippen molar-refractivity contribution in [1.29, 1.82) is 0 Å². The monoisotopic (exact) mass is 688 g/mol. The molecule has 0 bridgehead atoms. The number of anilines is 6. The molecule has 0 aliphatic heterocycles. The fourth-order valence-corrected chi connectivity index (χ4v) is 8.05. The molecule has 0 saturated carbocycles. The van der Waals surface area contributed by atoms with Gasteiger partial charge in [0.15, 0.2) is 0 Å². The zero-order valence-corrected chi connectivity index (χ0v) is 29.7. The minimum Gasteiger partial charge on any atom is -0.311 e. The van der Waals surface area contributed by atoms with Crippen molar-refractivity contribution in [2.75, 3.05) is 9.80 Å². The van der Waals surface area contributed by atoms with Gasteiger partial charge in [-0.3, -0.25) is 0 Å². The highest BCUT2D eigenvalue weighted by Crippen LogP contribution is 2.46. The van der Waals surface area contributed by atoms with E-state index >= 15 is 0 Å². The van der Waals surface area contributed by atoms with E-state index in [2.05, 4.69) is 228 Å². The largest absolute Gasteiger partial charge is 0.311 e. The standard InChI is InChI=1S/C52H36N2/c1-3-17-41(18-4-1)53(42-19-5-2-6-20-42)43-31-27-37(28-32-43)38-29-33-44(34-30-38)54(51-35-39-15-7-9-21-45(39)47-23-11-13-25-49(47)51)52-36-40-16-8-10-22-46(40)48-24-12-14-26-50(48)52/h1-36H. The Labute approximate surface area is 315 Å². The second-order valence-corrected chi connectivity index (χ2v) is 13.8. The molecule has 54 heavy (non-hydrogen) atoms. The first kappa shape index (κ1) is 31.6. The van der Waals surface area contributed by atoms with Crippen LogP contribution in [0.25, 0.3) is 54.2 Å². The van der Waals surface area contributed by atoms with Crippen LogP contribution in [0.4, 0.5) is 34.1 Å². The molecule has 0 atom stereocenters. The van der Waals surface area contributed by atoms with Gasteiger partial charge in [-0.05, 0) is 104 Å². The second-order valence-electron chi connectivity index (χ2n) is 13.8. The van der Waals surface area contributed by atoms with Gasteiger partial charge in [0.2, 0.25) is 0 Å². The summed E-state index contributed by atoms with van der Waals surface area (Å²) in [6, 6.07) is 78.9. The Morgan fingerprint density at radius 1 is 0.222 bits per heavy atom. The van der Waals surface area contributed by atoms with Crippen LogP contribution in [0.2, 0.25) is 0 Å². The molecular weight excluding hydrogens is 653 g/mol. The van der Waals surface area contributed by atoms with Crippen LogP contribution in [-0.4, -0.2) is 0 Å². The number of hydrogen-bond donors (Lipinski definition) is 0. The van der Waals surface area contributed by atoms with Crippen LogP contribution >= 0.6 is 0 Å². The maximum Gasteiger partial charge on any atom is 0.0546 e. The van der Waals surface area contributed by atoms with Crippen LogP contribution in [-0.2, 0) is 0 Å². The van der Waals surface area contributed by atoms with Crippen LogP contribution in [0.5, 0.6) is 0 Å². The van der Waals surface area contributed by atoms with Gasteiger partial charge in [-0.2, -0.15) is 0 Å². The smallest absolute Gasteiger partial charge is 0.0546 e. The van der Waals surface area contributed by atoms with Gasteiger partial charge in [0, 0.05) is 33.5 Å². The quantitative estimate of drug-likeness (QED) is 0.154. The number of fused-ring (bicyclic) bond motifs is 6. The van der Waals surface area contributed by atoms with Gasteiger partial charge in [-0.15, -0.1) is 0 Å². The molecule has 10 rings (SSSR count). The van der Waals surface area contributed by atoms with E-state index in [1.165, 1.54) is 54.2 Å². The molecule has 0 spiro atoms. The van der Waals surface area contributed by atoms with Crippen molar-refractivity contribution < 1.29 is 0 Å². The molecular formula is C52H36N2. The summed E-state index contributed by atoms with van der Waals surface area (Å²) in [7, 11) is 0. The summed E-state index contributed by atoms with van der Waals surface area (Å²) >= 11 is 0. The predicted octanol–water partition coefficient (Wildman–Crippen LogP) is 14.9. The van der Waals surface area contributed by atoms with Crippen LogP contribution in [0.1, 0.15) is 0 Å². The molecule has 0 heterocycles. The fraction of sp³-hybridized carbons (Fsp3) is 0. The van der Waals surface area contributed by atoms with Gasteiger partial charge in [0.1, 0.15) is 0 Å². The van der Waals surface area contributed by atoms with Gasteiger partial charge in [-0.1, -0.05) is 158 Å². The molecule has 0 N–H and O–H groups in total. The van der Waals surface area contributed by atoms with Crippen molar-refractivity contribution in [1.82, 2.24) is 0 Å². The number of para-hydroxylation sites is 2. The Morgan fingerprint density at radius 3 is 0.963 bits per heavy atom. The maximum atomic E-state index is 2.47. The van der Waals surface area contributed by atoms with E-state index in [-0.39, 0.29) is 0 Å². The first-order chi connectivity index (χ1) is 26.8. The molecule has 0 amide bonds. The van der Waals surface area contributed by atoms with Gasteiger partial charge in [0.05, 0.1) is 11.4 Å². The Kier molecular flexibility index (Phi) is 7.85. The second kappa shape index (κ2) is 13.4. The molecule has 0 aliphatic rings. The minimum atomic E-state index is 1.11. The molecule has 254 valence electrons. The van der Waals surface area contributed by atoms with E-state index in [0.717, 1.165) is 34.1 Å². The summed E-state index contributed by atoms with van der Waals surface area (Å²) in [5.41, 5.74) is 9.13. The lowest BCUT2D eigenvalue weighted by molar-refractivity contribution is 1.28. The van der Waals surface area contributed by atoms with Crippen LogP contribution in [0.3, 0.4) is 0 Å². The lowest BCUT2D eigenvalue weighted by Crippen LogP contribution is -2.11. The van der Waals surface area contributed by atoms with E-state index in [9.17, 15) is 0 Å². The summed E-state index contributed by atoms with van der Waals surface area (Å²) in [5.74, 6) is 0. The van der Waals surface area contributed by atoms with E-state index in [1.807, 2.05) is 0 Å². The Morgan fingerprint density at radius 2 is 0.537 bits per heavy atom. The SMILES string of the molecule is c1ccc(N(c2ccccc2)c2ccc(-c3ccc(N(c4cc5ccccc5c5ccccc45)c4cc5ccccc5c5ccccc45)cc3)cc2)cc1. The third-order valence-corrected chi connectivity index (χ3v) is 10.6. The van der Waals surface area contributed by atoms with Gasteiger partial charge in [0.25, 0.3) is 0 Å². The van der Waals surface area contributed by atoms with E-state index in [1.54, 1.807) is 0 Å². The van der Waals surface area contributed by atoms with Gasteiger partial charge >= 0.3 is 0 Å². The van der Waals surface area contributed by atoms with E-state index in [4.69, 9.17) is 0 Å². The molecule has 2 heteroatoms. The van der Waals surface area contributed by atoms with Crippen LogP contribution in [0, 0.1) is 0 Å². The first-order valence-corrected chi connectivity index (χ1v) is 18.5. The van der Waals surface area contributed by atoms with Crippen molar-refractivity contribution in [3.8, 4) is 11.1 Å². The van der Waals surface area contributed by atoms with Crippen molar-refractivity contribution in [2.45, 2.75) is 0 Å². The summed E-state index contributed by atoms with van der Waals surface area (Å²) in [5, 5.41) is 9.89. The van der Waals surface area contributed by atoms with Crippen LogP contribution in [0.15, 0.2) is 218 Å². The predicted molar refractivity (Wildman–Crippen MR) is 231 cm³/mol. The van der Waals surface area contributed by atoms with Crippen molar-refractivity contribution >= 4 is 77.2 Å². The highest BCUT2D eigenvalue weighted by molar-refractivity contribution is 6.18. The summed E-state index contributed by atoms with van der Waals surface area (Å²) in [6.45, 7) is 0. The van der Waals surface area contributed by atoms with Gasteiger partial charge < -0.3 is 9.80 Å². The first-order valence-electron chi connectivity index (χ1n) is 18.5. The topological polar surface area (TPSA) is 6.48 Å². The van der Waals surface area contributed by atoms with E-state index in [0.29, 0.717) is 0 Å². The summed E-state index contributed by atoms with van der Waals surface area (Å²) < 4.78 is 0. The van der Waals surface area contributed by atoms with Crippen molar-refractivity contribution in [3.63, 3.8) is 0 Å². The van der Waals surface area contributed by atoms with Crippen molar-refractivity contribution in [3.05, 3.63) is 218 Å². The molecule has 10 aromatic carbocycles. The molecule has 10 aromatic rings. The average molecular weight is 689 g/mol. The Bertz CT molecular complexity index is 2760. The minimum absolute atomic E-state index is 1.11. The number of hydrogen-bond acceptors (Lipinski definition) is 2. The lowest BCUT2D eigenvalue weighted by Gasteiger charge is -2.29. The summed E-state index contributed by atoms with van der Waals surface area (Å²) in [4.78, 5) is 4.76. The number of benzene rings is 10. The summed E-state index contributed by atoms with van der Waals surface area (Å²) in [6.07, 6.45) is 0. The highest BCUT2D eigenvalue weighted by atomic mass is 15.1. The number of nitrogens with zero attached hydrogens (tertiary/aromatic N) is 2. The molecule has 0 saturated heterocycles. The highest BCUT2D eigenvalue weighted by Gasteiger charge is 2.21. The van der Waals surface area contributed by atoms with E-state index < -0.39 is 0 Å². The van der Waals surface area contributed by atoms with Crippen LogP contribution < -0.4 is 9.80 Å². The molecule has 0 aromatic heterocycles. The molecule has 0 fully saturated rings. The van der Waals surface area contributed by atoms with Crippen molar-refractivity contribution in [2.24, 2.45) is 0 Å². The Balaban J connectivity index is 1.12. The molecule has 2 nitrogen and oxygen atoms in total. The third-order valence-electron chi connectivity index (χ3n) is 10.6. The fourth-order valence-electron chi connectivity index (χ4n) is 8.05. The molecule has 0 aliphatic carbocycles. The zero-order valence-electron chi connectivity index (χ0n) is 29.7. The third kappa shape index (κ3) is 5.53. The maximum absolute atomic E-state index is 2.47.